The number of ether oxygens (including phenoxy) is 5. The van der Waals surface area contributed by atoms with Crippen LogP contribution in [0.25, 0.3) is 0 Å². The zero-order chi connectivity index (χ0) is 70.2. The Bertz CT molecular complexity index is 4610. The van der Waals surface area contributed by atoms with Gasteiger partial charge in [0.15, 0.2) is 0 Å². The fourth-order valence-corrected chi connectivity index (χ4v) is 11.6. The Morgan fingerprint density at radius 1 is 0.287 bits per heavy atom. The Morgan fingerprint density at radius 2 is 0.574 bits per heavy atom. The highest BCUT2D eigenvalue weighted by molar-refractivity contribution is 5.85. The SMILES string of the molecule is Cc1cccc(N(c2ccccc2)c2ccc(N(c3ccc(N(c4ccccc4)c4cccc(C)c4)cc3)c3ccc(N(c4ccc(COC(=O)CCc5cc(OCc6ccc(OC(F)=C(F)F)cc6)cc(OCc6ccc(OC(F)=C(F)F)cc6)c5)cc4)c4cccc(C)c4)cc3)cc2)c1. The Kier molecular flexibility index (Phi) is 21.9. The molecule has 0 aliphatic carbocycles. The molecule has 12 rings (SSSR count). The molecule has 0 aliphatic rings. The molecule has 506 valence electrons. The first-order chi connectivity index (χ1) is 49.1. The molecule has 0 radical (unpaired) electrons. The van der Waals surface area contributed by atoms with Crippen LogP contribution in [0.2, 0.25) is 0 Å². The highest BCUT2D eigenvalue weighted by Crippen LogP contribution is 2.44. The third-order valence-corrected chi connectivity index (χ3v) is 16.4. The van der Waals surface area contributed by atoms with Crippen LogP contribution in [0.1, 0.15) is 45.4 Å². The van der Waals surface area contributed by atoms with E-state index in [4.69, 9.17) is 14.2 Å². The maximum absolute atomic E-state index is 13.5. The Morgan fingerprint density at radius 3 is 0.901 bits per heavy atom. The second-order valence-corrected chi connectivity index (χ2v) is 23.9. The topological polar surface area (TPSA) is 76.2 Å². The number of anilines is 12. The molecular formula is C85H68F6N4O6. The van der Waals surface area contributed by atoms with Crippen molar-refractivity contribution in [1.82, 2.24) is 0 Å². The van der Waals surface area contributed by atoms with Crippen LogP contribution in [0, 0.1) is 20.8 Å². The average molecular weight is 1360 g/mol. The lowest BCUT2D eigenvalue weighted by Gasteiger charge is -2.30. The van der Waals surface area contributed by atoms with Crippen molar-refractivity contribution < 1.29 is 54.8 Å². The zero-order valence-electron chi connectivity index (χ0n) is 55.3. The predicted octanol–water partition coefficient (Wildman–Crippen LogP) is 24.2. The van der Waals surface area contributed by atoms with Crippen molar-refractivity contribution in [3.63, 3.8) is 0 Å². The first-order valence-electron chi connectivity index (χ1n) is 32.5. The smallest absolute Gasteiger partial charge is 0.344 e. The lowest BCUT2D eigenvalue weighted by molar-refractivity contribution is -0.144. The molecule has 0 N–H and O–H groups in total. The van der Waals surface area contributed by atoms with Gasteiger partial charge in [0.2, 0.25) is 0 Å². The van der Waals surface area contributed by atoms with Gasteiger partial charge in [-0.1, -0.05) is 109 Å². The van der Waals surface area contributed by atoms with Gasteiger partial charge < -0.3 is 43.3 Å². The first kappa shape index (κ1) is 68.5. The number of carbonyl (C=O) groups is 1. The van der Waals surface area contributed by atoms with Crippen LogP contribution in [-0.2, 0) is 35.8 Å². The summed E-state index contributed by atoms with van der Waals surface area (Å²) >= 11 is 0. The third-order valence-electron chi connectivity index (χ3n) is 16.4. The van der Waals surface area contributed by atoms with Crippen LogP contribution in [-0.4, -0.2) is 5.97 Å². The molecule has 0 aliphatic heterocycles. The van der Waals surface area contributed by atoms with Gasteiger partial charge in [-0.3, -0.25) is 4.79 Å². The van der Waals surface area contributed by atoms with Crippen molar-refractivity contribution in [3.8, 4) is 23.0 Å². The average Bonchev–Trinajstić information content (AvgIpc) is 0.785. The van der Waals surface area contributed by atoms with Crippen LogP contribution in [0.15, 0.2) is 321 Å². The lowest BCUT2D eigenvalue weighted by Crippen LogP contribution is -2.14. The van der Waals surface area contributed by atoms with E-state index in [1.807, 2.05) is 42.5 Å². The van der Waals surface area contributed by atoms with Crippen molar-refractivity contribution in [2.75, 3.05) is 19.6 Å². The Balaban J connectivity index is 0.776. The Labute approximate surface area is 582 Å². The van der Waals surface area contributed by atoms with Crippen molar-refractivity contribution in [2.45, 2.75) is 53.4 Å². The van der Waals surface area contributed by atoms with Gasteiger partial charge in [0.1, 0.15) is 42.8 Å². The van der Waals surface area contributed by atoms with Crippen molar-refractivity contribution in [2.24, 2.45) is 0 Å². The van der Waals surface area contributed by atoms with Crippen molar-refractivity contribution >= 4 is 74.2 Å². The number of nitrogens with zero attached hydrogens (tertiary/aromatic N) is 4. The zero-order valence-corrected chi connectivity index (χ0v) is 55.3. The monoisotopic (exact) mass is 1350 g/mol. The van der Waals surface area contributed by atoms with Crippen LogP contribution >= 0.6 is 0 Å². The molecule has 0 bridgehead atoms. The fraction of sp³-hybridized carbons (Fsp3) is 0.0941. The maximum atomic E-state index is 13.5. The molecule has 0 heterocycles. The highest BCUT2D eigenvalue weighted by Gasteiger charge is 2.21. The summed E-state index contributed by atoms with van der Waals surface area (Å²) in [5.74, 6) is -0.0271. The fourth-order valence-electron chi connectivity index (χ4n) is 11.6. The second-order valence-electron chi connectivity index (χ2n) is 23.9. The molecule has 0 fully saturated rings. The van der Waals surface area contributed by atoms with E-state index in [0.29, 0.717) is 28.2 Å². The summed E-state index contributed by atoms with van der Waals surface area (Å²) < 4.78 is 105. The quantitative estimate of drug-likeness (QED) is 0.0282. The summed E-state index contributed by atoms with van der Waals surface area (Å²) in [4.78, 5) is 22.5. The molecule has 0 spiro atoms. The van der Waals surface area contributed by atoms with Gasteiger partial charge in [0.05, 0.1) is 0 Å². The maximum Gasteiger partial charge on any atom is 0.344 e. The van der Waals surface area contributed by atoms with E-state index in [1.54, 1.807) is 18.2 Å². The highest BCUT2D eigenvalue weighted by atomic mass is 19.3. The number of benzene rings is 12. The Hall–Kier alpha value is -12.4. The largest absolute Gasteiger partial charge is 0.489 e. The number of para-hydroxylation sites is 2. The van der Waals surface area contributed by atoms with E-state index < -0.39 is 30.2 Å². The normalized spacial score (nSPS) is 10.9. The molecule has 0 saturated carbocycles. The van der Waals surface area contributed by atoms with E-state index in [1.165, 1.54) is 48.5 Å². The molecular weight excluding hydrogens is 1290 g/mol. The number of rotatable bonds is 27. The first-order valence-corrected chi connectivity index (χ1v) is 32.5. The van der Waals surface area contributed by atoms with E-state index >= 15 is 0 Å². The van der Waals surface area contributed by atoms with Crippen LogP contribution in [0.5, 0.6) is 23.0 Å². The molecule has 0 unspecified atom stereocenters. The van der Waals surface area contributed by atoms with E-state index in [0.717, 1.165) is 90.5 Å². The van der Waals surface area contributed by atoms with E-state index in [9.17, 15) is 31.1 Å². The molecule has 0 atom stereocenters. The van der Waals surface area contributed by atoms with E-state index in [-0.39, 0.29) is 44.2 Å². The van der Waals surface area contributed by atoms with E-state index in [2.05, 4.69) is 238 Å². The predicted molar refractivity (Wildman–Crippen MR) is 387 cm³/mol. The van der Waals surface area contributed by atoms with Gasteiger partial charge in [-0.2, -0.15) is 26.3 Å². The molecule has 0 amide bonds. The molecule has 0 aromatic heterocycles. The minimum atomic E-state index is -2.58. The summed E-state index contributed by atoms with van der Waals surface area (Å²) in [6.07, 6.45) is -4.95. The number of hydrogen-bond acceptors (Lipinski definition) is 10. The number of carbonyl (C=O) groups excluding carboxylic acids is 1. The lowest BCUT2D eigenvalue weighted by atomic mass is 10.1. The van der Waals surface area contributed by atoms with Crippen LogP contribution in [0.3, 0.4) is 0 Å². The standard InChI is InChI=1S/C85H68F6N4O6/c1-58-13-10-20-74(49-58)93(65-16-6-4-7-17-65)71-38-32-68(33-39-71)92(69-34-40-72(41-35-69)94(66-18-8-5-9-19-66)75-21-11-14-59(2)50-75)70-36-42-73(43-37-70)95(76-22-12-15-60(3)51-76)67-30-23-61(24-31-67)57-99-81(96)48-29-64-52-79(97-55-62-25-44-77(45-26-62)100-84(90)82(86)87)54-80(53-64)98-56-63-27-46-78(47-28-63)101-85(91)83(88)89/h4-28,30-47,49-54H,29,48,55-57H2,1-3H3. The van der Waals surface area contributed by atoms with Gasteiger partial charge in [-0.15, -0.1) is 0 Å². The number of hydrogen-bond donors (Lipinski definition) is 0. The van der Waals surface area contributed by atoms with Crippen molar-refractivity contribution in [1.29, 1.82) is 0 Å². The van der Waals surface area contributed by atoms with Gasteiger partial charge >= 0.3 is 30.2 Å². The second kappa shape index (κ2) is 32.3. The number of esters is 1. The summed E-state index contributed by atoms with van der Waals surface area (Å²) in [7, 11) is 0. The minimum absolute atomic E-state index is 0.00215. The molecule has 12 aromatic carbocycles. The summed E-state index contributed by atoms with van der Waals surface area (Å²) in [6.45, 7) is 6.29. The van der Waals surface area contributed by atoms with Gasteiger partial charge in [0, 0.05) is 80.7 Å². The van der Waals surface area contributed by atoms with Gasteiger partial charge in [-0.05, 0) is 248 Å². The molecule has 16 heteroatoms. The molecule has 12 aromatic rings. The summed E-state index contributed by atoms with van der Waals surface area (Å²) in [6, 6.07) is 92.4. The summed E-state index contributed by atoms with van der Waals surface area (Å²) in [5, 5.41) is 0. The van der Waals surface area contributed by atoms with Crippen LogP contribution < -0.4 is 38.5 Å². The van der Waals surface area contributed by atoms with Gasteiger partial charge in [-0.25, -0.2) is 0 Å². The van der Waals surface area contributed by atoms with Crippen molar-refractivity contribution in [3.05, 3.63) is 360 Å². The third kappa shape index (κ3) is 17.8. The summed E-state index contributed by atoms with van der Waals surface area (Å²) in [5.41, 5.74) is 17.8. The molecule has 101 heavy (non-hydrogen) atoms. The minimum Gasteiger partial charge on any atom is -0.489 e. The molecule has 0 saturated heterocycles. The van der Waals surface area contributed by atoms with Crippen LogP contribution in [0.4, 0.5) is 94.6 Å². The molecule has 10 nitrogen and oxygen atoms in total. The van der Waals surface area contributed by atoms with Gasteiger partial charge in [0.25, 0.3) is 0 Å². The number of halogens is 6. The number of aryl methyl sites for hydroxylation is 4.